The van der Waals surface area contributed by atoms with Crippen molar-refractivity contribution in [3.63, 3.8) is 0 Å². The smallest absolute Gasteiger partial charge is 0.371 e. The molecule has 1 fully saturated rings. The summed E-state index contributed by atoms with van der Waals surface area (Å²) < 4.78 is 39.3. The number of benzene rings is 1. The van der Waals surface area contributed by atoms with Crippen LogP contribution in [-0.2, 0) is 6.18 Å². The lowest BCUT2D eigenvalue weighted by atomic mass is 9.98. The second-order valence-corrected chi connectivity index (χ2v) is 5.27. The van der Waals surface area contributed by atoms with Crippen molar-refractivity contribution in [2.24, 2.45) is 5.92 Å². The van der Waals surface area contributed by atoms with Gasteiger partial charge in [-0.2, -0.15) is 13.2 Å². The fraction of sp³-hybridized carbons (Fsp3) is 0.600. The maximum absolute atomic E-state index is 13.1. The summed E-state index contributed by atoms with van der Waals surface area (Å²) in [6, 6.07) is 5.86. The molecule has 5 heteroatoms. The summed E-state index contributed by atoms with van der Waals surface area (Å²) in [6.45, 7) is 5.08. The average molecular weight is 286 g/mol. The van der Waals surface area contributed by atoms with Crippen LogP contribution in [-0.4, -0.2) is 26.2 Å². The predicted octanol–water partition coefficient (Wildman–Crippen LogP) is 3.53. The number of piperidine rings is 1. The van der Waals surface area contributed by atoms with Gasteiger partial charge in [0.15, 0.2) is 0 Å². The number of rotatable bonds is 4. The summed E-state index contributed by atoms with van der Waals surface area (Å²) in [5.41, 5.74) is -0.237. The number of nitrogens with zero attached hydrogens (tertiary/aromatic N) is 1. The third-order valence-electron chi connectivity index (χ3n) is 3.81. The lowest BCUT2D eigenvalue weighted by Crippen LogP contribution is -2.39. The molecule has 0 saturated carbocycles. The van der Waals surface area contributed by atoms with E-state index >= 15 is 0 Å². The average Bonchev–Trinajstić information content (AvgIpc) is 2.45. The second kappa shape index (κ2) is 6.48. The van der Waals surface area contributed by atoms with Crippen LogP contribution in [0, 0.1) is 5.92 Å². The van der Waals surface area contributed by atoms with Gasteiger partial charge in [-0.05, 0) is 50.9 Å². The highest BCUT2D eigenvalue weighted by Gasteiger charge is 2.34. The van der Waals surface area contributed by atoms with Gasteiger partial charge in [-0.25, -0.2) is 0 Å². The largest absolute Gasteiger partial charge is 0.418 e. The van der Waals surface area contributed by atoms with Crippen molar-refractivity contribution in [1.29, 1.82) is 0 Å². The van der Waals surface area contributed by atoms with Crippen molar-refractivity contribution in [2.45, 2.75) is 25.9 Å². The molecular formula is C15H21F3N2. The minimum Gasteiger partial charge on any atom is -0.371 e. The molecule has 1 unspecified atom stereocenters. The molecule has 112 valence electrons. The van der Waals surface area contributed by atoms with Crippen LogP contribution < -0.4 is 10.2 Å². The van der Waals surface area contributed by atoms with Gasteiger partial charge in [0.1, 0.15) is 0 Å². The number of alkyl halides is 3. The number of nitrogens with one attached hydrogen (secondary N) is 1. The van der Waals surface area contributed by atoms with Gasteiger partial charge in [0, 0.05) is 18.8 Å². The number of anilines is 1. The van der Waals surface area contributed by atoms with Gasteiger partial charge in [-0.1, -0.05) is 12.1 Å². The van der Waals surface area contributed by atoms with E-state index in [0.29, 0.717) is 24.7 Å². The summed E-state index contributed by atoms with van der Waals surface area (Å²) in [7, 11) is 0. The van der Waals surface area contributed by atoms with E-state index in [2.05, 4.69) is 5.32 Å². The predicted molar refractivity (Wildman–Crippen MR) is 74.9 cm³/mol. The molecule has 1 aromatic carbocycles. The van der Waals surface area contributed by atoms with Gasteiger partial charge >= 0.3 is 6.18 Å². The molecule has 1 aliphatic heterocycles. The second-order valence-electron chi connectivity index (χ2n) is 5.27. The van der Waals surface area contributed by atoms with Gasteiger partial charge in [-0.15, -0.1) is 0 Å². The minimum absolute atomic E-state index is 0.299. The molecule has 1 heterocycles. The Morgan fingerprint density at radius 1 is 1.30 bits per heavy atom. The summed E-state index contributed by atoms with van der Waals surface area (Å²) in [5.74, 6) is 0.421. The highest BCUT2D eigenvalue weighted by atomic mass is 19.4. The maximum Gasteiger partial charge on any atom is 0.418 e. The van der Waals surface area contributed by atoms with Gasteiger partial charge < -0.3 is 10.2 Å². The van der Waals surface area contributed by atoms with Crippen molar-refractivity contribution in [3.8, 4) is 0 Å². The van der Waals surface area contributed by atoms with Crippen LogP contribution in [0.5, 0.6) is 0 Å². The first-order valence-corrected chi connectivity index (χ1v) is 7.14. The molecule has 1 aromatic rings. The Labute approximate surface area is 118 Å². The molecule has 1 N–H and O–H groups in total. The molecule has 0 amide bonds. The lowest BCUT2D eigenvalue weighted by molar-refractivity contribution is -0.137. The van der Waals surface area contributed by atoms with Crippen molar-refractivity contribution >= 4 is 5.69 Å². The highest BCUT2D eigenvalue weighted by Crippen LogP contribution is 2.36. The first-order valence-electron chi connectivity index (χ1n) is 7.14. The molecule has 0 aliphatic carbocycles. The maximum atomic E-state index is 13.1. The fourth-order valence-corrected chi connectivity index (χ4v) is 2.78. The summed E-state index contributed by atoms with van der Waals surface area (Å²) in [6.07, 6.45) is -2.12. The molecule has 1 saturated heterocycles. The quantitative estimate of drug-likeness (QED) is 0.911. The van der Waals surface area contributed by atoms with E-state index < -0.39 is 11.7 Å². The Morgan fingerprint density at radius 2 is 2.05 bits per heavy atom. The zero-order chi connectivity index (χ0) is 14.6. The summed E-state index contributed by atoms with van der Waals surface area (Å²) in [5, 5.41) is 3.31. The van der Waals surface area contributed by atoms with Crippen molar-refractivity contribution < 1.29 is 13.2 Å². The number of halogens is 3. The topological polar surface area (TPSA) is 15.3 Å². The molecule has 2 rings (SSSR count). The third kappa shape index (κ3) is 3.66. The fourth-order valence-electron chi connectivity index (χ4n) is 2.78. The van der Waals surface area contributed by atoms with Crippen LogP contribution >= 0.6 is 0 Å². The normalized spacial score (nSPS) is 19.9. The molecular weight excluding hydrogens is 265 g/mol. The van der Waals surface area contributed by atoms with E-state index in [1.54, 1.807) is 12.1 Å². The molecule has 1 atom stereocenters. The third-order valence-corrected chi connectivity index (χ3v) is 3.81. The zero-order valence-corrected chi connectivity index (χ0v) is 11.7. The van der Waals surface area contributed by atoms with E-state index in [9.17, 15) is 13.2 Å². The van der Waals surface area contributed by atoms with Crippen LogP contribution in [0.4, 0.5) is 18.9 Å². The van der Waals surface area contributed by atoms with Gasteiger partial charge in [0.05, 0.1) is 5.56 Å². The van der Waals surface area contributed by atoms with Crippen LogP contribution in [0.3, 0.4) is 0 Å². The van der Waals surface area contributed by atoms with E-state index in [4.69, 9.17) is 0 Å². The van der Waals surface area contributed by atoms with Crippen LogP contribution in [0.2, 0.25) is 0 Å². The zero-order valence-electron chi connectivity index (χ0n) is 11.7. The SMILES string of the molecule is CCN(CC1CCCNC1)c1ccccc1C(F)(F)F. The Bertz CT molecular complexity index is 425. The van der Waals surface area contributed by atoms with Crippen LogP contribution in [0.1, 0.15) is 25.3 Å². The first-order chi connectivity index (χ1) is 9.52. The van der Waals surface area contributed by atoms with Crippen molar-refractivity contribution in [2.75, 3.05) is 31.1 Å². The van der Waals surface area contributed by atoms with E-state index in [1.165, 1.54) is 6.07 Å². The Morgan fingerprint density at radius 3 is 2.65 bits per heavy atom. The molecule has 2 nitrogen and oxygen atoms in total. The lowest BCUT2D eigenvalue weighted by Gasteiger charge is -2.32. The highest BCUT2D eigenvalue weighted by molar-refractivity contribution is 5.55. The standard InChI is InChI=1S/C15H21F3N2/c1-2-20(11-12-6-5-9-19-10-12)14-8-4-3-7-13(14)15(16,17)18/h3-4,7-8,12,19H,2,5-6,9-11H2,1H3. The Balaban J connectivity index is 2.18. The minimum atomic E-state index is -4.30. The molecule has 0 radical (unpaired) electrons. The first kappa shape index (κ1) is 15.2. The van der Waals surface area contributed by atoms with Gasteiger partial charge in [0.2, 0.25) is 0 Å². The number of para-hydroxylation sites is 1. The van der Waals surface area contributed by atoms with E-state index in [1.807, 2.05) is 11.8 Å². The van der Waals surface area contributed by atoms with Gasteiger partial charge in [0.25, 0.3) is 0 Å². The number of hydrogen-bond donors (Lipinski definition) is 1. The monoisotopic (exact) mass is 286 g/mol. The van der Waals surface area contributed by atoms with Crippen molar-refractivity contribution in [1.82, 2.24) is 5.32 Å². The summed E-state index contributed by atoms with van der Waals surface area (Å²) >= 11 is 0. The molecule has 1 aliphatic rings. The van der Waals surface area contributed by atoms with Gasteiger partial charge in [-0.3, -0.25) is 0 Å². The van der Waals surface area contributed by atoms with Crippen LogP contribution in [0.15, 0.2) is 24.3 Å². The van der Waals surface area contributed by atoms with E-state index in [0.717, 1.165) is 32.0 Å². The molecule has 0 spiro atoms. The summed E-state index contributed by atoms with van der Waals surface area (Å²) in [4.78, 5) is 1.85. The molecule has 20 heavy (non-hydrogen) atoms. The molecule has 0 bridgehead atoms. The van der Waals surface area contributed by atoms with E-state index in [-0.39, 0.29) is 0 Å². The van der Waals surface area contributed by atoms with Crippen LogP contribution in [0.25, 0.3) is 0 Å². The Kier molecular flexibility index (Phi) is 4.91. The molecule has 0 aromatic heterocycles. The van der Waals surface area contributed by atoms with Crippen molar-refractivity contribution in [3.05, 3.63) is 29.8 Å². The number of hydrogen-bond acceptors (Lipinski definition) is 2. The Hall–Kier alpha value is -1.23.